The number of aliphatic hydroxyl groups is 1. The second kappa shape index (κ2) is 7.02. The molecule has 0 aromatic heterocycles. The van der Waals surface area contributed by atoms with Crippen LogP contribution in [0, 0.1) is 13.8 Å². The Hall–Kier alpha value is -1.17. The first kappa shape index (κ1) is 15.2. The normalized spacial score (nSPS) is 16.2. The Kier molecular flexibility index (Phi) is 5.34. The summed E-state index contributed by atoms with van der Waals surface area (Å²) in [6.07, 6.45) is 0. The smallest absolute Gasteiger partial charge is 0.173 e. The van der Waals surface area contributed by atoms with Gasteiger partial charge in [-0.1, -0.05) is 12.1 Å². The van der Waals surface area contributed by atoms with E-state index in [2.05, 4.69) is 41.1 Å². The van der Waals surface area contributed by atoms with Gasteiger partial charge in [-0.2, -0.15) is 0 Å². The zero-order chi connectivity index (χ0) is 14.5. The lowest BCUT2D eigenvalue weighted by Gasteiger charge is -2.36. The van der Waals surface area contributed by atoms with E-state index in [1.54, 1.807) is 0 Å². The molecule has 20 heavy (non-hydrogen) atoms. The van der Waals surface area contributed by atoms with Gasteiger partial charge in [0.1, 0.15) is 0 Å². The van der Waals surface area contributed by atoms with Crippen LogP contribution in [0.25, 0.3) is 0 Å². The molecule has 0 atom stereocenters. The van der Waals surface area contributed by atoms with E-state index < -0.39 is 0 Å². The fraction of sp³-hybridized carbons (Fsp3) is 0.533. The molecule has 1 heterocycles. The molecular formula is C15H23N3OS. The van der Waals surface area contributed by atoms with Gasteiger partial charge >= 0.3 is 0 Å². The number of anilines is 1. The van der Waals surface area contributed by atoms with Gasteiger partial charge in [-0.15, -0.1) is 0 Å². The Morgan fingerprint density at radius 3 is 2.60 bits per heavy atom. The topological polar surface area (TPSA) is 38.7 Å². The number of β-amino-alcohol motifs (C(OH)–C–C–N with tert-alkyl or cyclic N) is 1. The molecule has 1 fully saturated rings. The Bertz CT molecular complexity index is 470. The third-order valence-corrected chi connectivity index (χ3v) is 4.28. The maximum atomic E-state index is 8.95. The molecule has 1 saturated heterocycles. The predicted molar refractivity (Wildman–Crippen MR) is 87.2 cm³/mol. The Morgan fingerprint density at radius 1 is 1.25 bits per heavy atom. The van der Waals surface area contributed by atoms with Crippen molar-refractivity contribution in [2.75, 3.05) is 44.6 Å². The summed E-state index contributed by atoms with van der Waals surface area (Å²) in [5, 5.41) is 13.1. The third-order valence-electron chi connectivity index (χ3n) is 3.92. The molecule has 1 aromatic rings. The minimum atomic E-state index is 0.227. The molecule has 1 aromatic carbocycles. The van der Waals surface area contributed by atoms with E-state index in [1.165, 1.54) is 11.1 Å². The number of hydrogen-bond acceptors (Lipinski definition) is 3. The van der Waals surface area contributed by atoms with Gasteiger partial charge in [0.15, 0.2) is 5.11 Å². The lowest BCUT2D eigenvalue weighted by atomic mass is 10.1. The van der Waals surface area contributed by atoms with E-state index in [-0.39, 0.29) is 6.61 Å². The average Bonchev–Trinajstić information content (AvgIpc) is 2.45. The molecule has 0 bridgehead atoms. The summed E-state index contributed by atoms with van der Waals surface area (Å²) in [6.45, 7) is 8.94. The van der Waals surface area contributed by atoms with Crippen LogP contribution in [0.5, 0.6) is 0 Å². The van der Waals surface area contributed by atoms with Gasteiger partial charge in [-0.05, 0) is 43.3 Å². The van der Waals surface area contributed by atoms with Gasteiger partial charge in [0.05, 0.1) is 6.61 Å². The molecule has 0 saturated carbocycles. The highest BCUT2D eigenvalue weighted by molar-refractivity contribution is 7.80. The molecule has 0 spiro atoms. The number of rotatable bonds is 3. The van der Waals surface area contributed by atoms with Crippen molar-refractivity contribution in [3.63, 3.8) is 0 Å². The van der Waals surface area contributed by atoms with Crippen molar-refractivity contribution in [3.05, 3.63) is 29.3 Å². The van der Waals surface area contributed by atoms with Crippen molar-refractivity contribution < 1.29 is 5.11 Å². The number of hydrogen-bond donors (Lipinski definition) is 2. The van der Waals surface area contributed by atoms with E-state index in [1.807, 2.05) is 6.07 Å². The van der Waals surface area contributed by atoms with Crippen molar-refractivity contribution in [1.82, 2.24) is 9.80 Å². The molecule has 2 N–H and O–H groups in total. The molecule has 2 rings (SSSR count). The van der Waals surface area contributed by atoms with E-state index >= 15 is 0 Å². The van der Waals surface area contributed by atoms with Gasteiger partial charge in [0.2, 0.25) is 0 Å². The van der Waals surface area contributed by atoms with Crippen LogP contribution in [0.4, 0.5) is 5.69 Å². The van der Waals surface area contributed by atoms with Crippen molar-refractivity contribution in [2.24, 2.45) is 0 Å². The predicted octanol–water partition coefficient (Wildman–Crippen LogP) is 1.61. The molecule has 1 aliphatic rings. The molecule has 0 unspecified atom stereocenters. The lowest BCUT2D eigenvalue weighted by molar-refractivity contribution is 0.148. The maximum Gasteiger partial charge on any atom is 0.173 e. The molecule has 0 amide bonds. The number of nitrogens with one attached hydrogen (secondary N) is 1. The van der Waals surface area contributed by atoms with Gasteiger partial charge in [-0.3, -0.25) is 4.90 Å². The third kappa shape index (κ3) is 3.69. The van der Waals surface area contributed by atoms with Crippen LogP contribution in [-0.4, -0.2) is 59.3 Å². The second-order valence-corrected chi connectivity index (χ2v) is 5.62. The fourth-order valence-corrected chi connectivity index (χ4v) is 2.69. The van der Waals surface area contributed by atoms with Crippen LogP contribution >= 0.6 is 12.2 Å². The van der Waals surface area contributed by atoms with Gasteiger partial charge < -0.3 is 15.3 Å². The Labute approximate surface area is 126 Å². The van der Waals surface area contributed by atoms with Crippen molar-refractivity contribution in [3.8, 4) is 0 Å². The molecule has 0 aliphatic carbocycles. The molecule has 1 aliphatic heterocycles. The summed E-state index contributed by atoms with van der Waals surface area (Å²) in [4.78, 5) is 4.46. The lowest BCUT2D eigenvalue weighted by Crippen LogP contribution is -2.50. The highest BCUT2D eigenvalue weighted by Crippen LogP contribution is 2.18. The fourth-order valence-electron chi connectivity index (χ4n) is 2.40. The monoisotopic (exact) mass is 293 g/mol. The van der Waals surface area contributed by atoms with Crippen molar-refractivity contribution >= 4 is 23.0 Å². The van der Waals surface area contributed by atoms with Gasteiger partial charge in [0.25, 0.3) is 0 Å². The SMILES string of the molecule is Cc1cccc(NC(=S)N2CCN(CCO)CC2)c1C. The maximum absolute atomic E-state index is 8.95. The summed E-state index contributed by atoms with van der Waals surface area (Å²) < 4.78 is 0. The Balaban J connectivity index is 1.91. The molecule has 0 radical (unpaired) electrons. The standard InChI is InChI=1S/C15H23N3OS/c1-12-4-3-5-14(13(12)2)16-15(20)18-8-6-17(7-9-18)10-11-19/h3-5,19H,6-11H2,1-2H3,(H,16,20). The van der Waals surface area contributed by atoms with Crippen LogP contribution in [0.2, 0.25) is 0 Å². The minimum absolute atomic E-state index is 0.227. The number of aliphatic hydroxyl groups excluding tert-OH is 1. The van der Waals surface area contributed by atoms with Crippen LogP contribution in [0.3, 0.4) is 0 Å². The minimum Gasteiger partial charge on any atom is -0.395 e. The first-order valence-electron chi connectivity index (χ1n) is 7.07. The molecule has 110 valence electrons. The van der Waals surface area contributed by atoms with Crippen LogP contribution in [0.15, 0.2) is 18.2 Å². The van der Waals surface area contributed by atoms with Crippen LogP contribution in [-0.2, 0) is 0 Å². The molecule has 4 nitrogen and oxygen atoms in total. The summed E-state index contributed by atoms with van der Waals surface area (Å²) in [6, 6.07) is 6.22. The molecular weight excluding hydrogens is 270 g/mol. The van der Waals surface area contributed by atoms with Crippen molar-refractivity contribution in [1.29, 1.82) is 0 Å². The van der Waals surface area contributed by atoms with E-state index in [4.69, 9.17) is 17.3 Å². The summed E-state index contributed by atoms with van der Waals surface area (Å²) in [5.41, 5.74) is 3.60. The summed E-state index contributed by atoms with van der Waals surface area (Å²) in [5.74, 6) is 0. The quantitative estimate of drug-likeness (QED) is 0.829. The number of thiocarbonyl (C=S) groups is 1. The van der Waals surface area contributed by atoms with E-state index in [0.29, 0.717) is 0 Å². The first-order chi connectivity index (χ1) is 9.61. The number of benzene rings is 1. The highest BCUT2D eigenvalue weighted by Gasteiger charge is 2.18. The molecule has 5 heteroatoms. The van der Waals surface area contributed by atoms with Gasteiger partial charge in [0, 0.05) is 38.4 Å². The van der Waals surface area contributed by atoms with E-state index in [0.717, 1.165) is 43.5 Å². The largest absolute Gasteiger partial charge is 0.395 e. The average molecular weight is 293 g/mol. The zero-order valence-electron chi connectivity index (χ0n) is 12.2. The number of nitrogens with zero attached hydrogens (tertiary/aromatic N) is 2. The van der Waals surface area contributed by atoms with Crippen molar-refractivity contribution in [2.45, 2.75) is 13.8 Å². The highest BCUT2D eigenvalue weighted by atomic mass is 32.1. The Morgan fingerprint density at radius 2 is 1.95 bits per heavy atom. The van der Waals surface area contributed by atoms with Crippen LogP contribution < -0.4 is 5.32 Å². The summed E-state index contributed by atoms with van der Waals surface area (Å²) in [7, 11) is 0. The first-order valence-corrected chi connectivity index (χ1v) is 7.48. The second-order valence-electron chi connectivity index (χ2n) is 5.23. The van der Waals surface area contributed by atoms with E-state index in [9.17, 15) is 0 Å². The van der Waals surface area contributed by atoms with Crippen LogP contribution in [0.1, 0.15) is 11.1 Å². The summed E-state index contributed by atoms with van der Waals surface area (Å²) >= 11 is 5.51. The number of aryl methyl sites for hydroxylation is 1. The number of piperazine rings is 1. The zero-order valence-corrected chi connectivity index (χ0v) is 13.0. The van der Waals surface area contributed by atoms with Gasteiger partial charge in [-0.25, -0.2) is 0 Å².